The van der Waals surface area contributed by atoms with E-state index in [4.69, 9.17) is 4.74 Å². The molecular weight excluding hydrogens is 220 g/mol. The van der Waals surface area contributed by atoms with Gasteiger partial charge in [0.2, 0.25) is 0 Å². The molecule has 0 unspecified atom stereocenters. The lowest BCUT2D eigenvalue weighted by atomic mass is 10.1. The number of ether oxygens (including phenoxy) is 1. The van der Waals surface area contributed by atoms with Gasteiger partial charge in [0.1, 0.15) is 0 Å². The van der Waals surface area contributed by atoms with Crippen LogP contribution in [0.25, 0.3) is 0 Å². The van der Waals surface area contributed by atoms with Gasteiger partial charge in [-0.15, -0.1) is 0 Å². The van der Waals surface area contributed by atoms with Crippen LogP contribution in [0.1, 0.15) is 24.8 Å². The van der Waals surface area contributed by atoms with Gasteiger partial charge in [-0.05, 0) is 31.2 Å². The zero-order valence-electron chi connectivity index (χ0n) is 9.39. The molecule has 3 heteroatoms. The molecule has 88 valence electrons. The Kier molecular flexibility index (Phi) is 6.74. The highest BCUT2D eigenvalue weighted by atomic mass is 32.1. The third-order valence-corrected chi connectivity index (χ3v) is 2.60. The van der Waals surface area contributed by atoms with Crippen molar-refractivity contribution >= 4 is 18.6 Å². The van der Waals surface area contributed by atoms with Crippen molar-refractivity contribution in [1.82, 2.24) is 0 Å². The number of carbonyl (C=O) groups excluding carboxylic acids is 1. The molecule has 0 aliphatic carbocycles. The number of esters is 1. The summed E-state index contributed by atoms with van der Waals surface area (Å²) < 4.78 is 4.93. The van der Waals surface area contributed by atoms with Gasteiger partial charge < -0.3 is 4.74 Å². The molecule has 0 aliphatic rings. The maximum absolute atomic E-state index is 10.8. The van der Waals surface area contributed by atoms with E-state index in [1.807, 2.05) is 6.07 Å². The van der Waals surface area contributed by atoms with Crippen LogP contribution in [0.2, 0.25) is 0 Å². The lowest BCUT2D eigenvalue weighted by molar-refractivity contribution is -0.140. The Bertz CT molecular complexity index is 298. The third-order valence-electron chi connectivity index (χ3n) is 2.34. The zero-order valence-corrected chi connectivity index (χ0v) is 10.3. The second kappa shape index (κ2) is 8.22. The topological polar surface area (TPSA) is 26.3 Å². The average Bonchev–Trinajstić information content (AvgIpc) is 2.34. The lowest BCUT2D eigenvalue weighted by Crippen LogP contribution is -2.06. The number of benzene rings is 1. The number of thiol groups is 1. The minimum Gasteiger partial charge on any atom is -0.465 e. The van der Waals surface area contributed by atoms with E-state index in [0.29, 0.717) is 6.61 Å². The fourth-order valence-corrected chi connectivity index (χ4v) is 1.58. The molecule has 0 N–H and O–H groups in total. The molecule has 0 heterocycles. The normalized spacial score (nSPS) is 10.1. The van der Waals surface area contributed by atoms with E-state index in [1.54, 1.807) is 0 Å². The van der Waals surface area contributed by atoms with Crippen LogP contribution < -0.4 is 0 Å². The Morgan fingerprint density at radius 1 is 1.12 bits per heavy atom. The highest BCUT2D eigenvalue weighted by Gasteiger charge is 1.98. The van der Waals surface area contributed by atoms with Gasteiger partial charge in [-0.25, -0.2) is 0 Å². The predicted molar refractivity (Wildman–Crippen MR) is 68.8 cm³/mol. The van der Waals surface area contributed by atoms with Crippen molar-refractivity contribution in [3.05, 3.63) is 35.9 Å². The van der Waals surface area contributed by atoms with E-state index in [-0.39, 0.29) is 11.7 Å². The summed E-state index contributed by atoms with van der Waals surface area (Å²) in [7, 11) is 0. The van der Waals surface area contributed by atoms with Crippen LogP contribution in [-0.4, -0.2) is 18.3 Å². The van der Waals surface area contributed by atoms with Gasteiger partial charge in [-0.1, -0.05) is 30.3 Å². The molecule has 0 saturated carbocycles. The molecule has 0 aliphatic heterocycles. The summed E-state index contributed by atoms with van der Waals surface area (Å²) >= 11 is 3.83. The van der Waals surface area contributed by atoms with E-state index in [2.05, 4.69) is 36.9 Å². The largest absolute Gasteiger partial charge is 0.465 e. The minimum atomic E-state index is -0.230. The van der Waals surface area contributed by atoms with Gasteiger partial charge in [0.15, 0.2) is 0 Å². The molecule has 0 atom stereocenters. The Morgan fingerprint density at radius 3 is 2.56 bits per heavy atom. The molecule has 2 nitrogen and oxygen atoms in total. The minimum absolute atomic E-state index is 0.171. The van der Waals surface area contributed by atoms with Gasteiger partial charge in [-0.3, -0.25) is 4.79 Å². The quantitative estimate of drug-likeness (QED) is 0.449. The van der Waals surface area contributed by atoms with Crippen molar-refractivity contribution in [1.29, 1.82) is 0 Å². The van der Waals surface area contributed by atoms with Crippen LogP contribution in [-0.2, 0) is 16.0 Å². The first-order valence-corrected chi connectivity index (χ1v) is 6.26. The van der Waals surface area contributed by atoms with Gasteiger partial charge in [0.25, 0.3) is 0 Å². The van der Waals surface area contributed by atoms with E-state index >= 15 is 0 Å². The fourth-order valence-electron chi connectivity index (χ4n) is 1.48. The summed E-state index contributed by atoms with van der Waals surface area (Å²) in [5.41, 5.74) is 1.37. The monoisotopic (exact) mass is 238 g/mol. The fraction of sp³-hybridized carbons (Fsp3) is 0.462. The smallest absolute Gasteiger partial charge is 0.315 e. The molecule has 0 fully saturated rings. The Hall–Kier alpha value is -0.960. The van der Waals surface area contributed by atoms with E-state index in [9.17, 15) is 4.79 Å². The second-order valence-corrected chi connectivity index (χ2v) is 3.99. The second-order valence-electron chi connectivity index (χ2n) is 3.67. The third kappa shape index (κ3) is 5.81. The first-order valence-electron chi connectivity index (χ1n) is 5.63. The van der Waals surface area contributed by atoms with Gasteiger partial charge in [0.05, 0.1) is 12.4 Å². The summed E-state index contributed by atoms with van der Waals surface area (Å²) in [5, 5.41) is 0. The van der Waals surface area contributed by atoms with Crippen molar-refractivity contribution in [2.24, 2.45) is 0 Å². The molecule has 0 spiro atoms. The van der Waals surface area contributed by atoms with Crippen molar-refractivity contribution in [3.63, 3.8) is 0 Å². The number of hydrogen-bond acceptors (Lipinski definition) is 3. The number of aryl methyl sites for hydroxylation is 1. The van der Waals surface area contributed by atoms with Crippen LogP contribution in [0.3, 0.4) is 0 Å². The summed E-state index contributed by atoms with van der Waals surface area (Å²) in [4.78, 5) is 10.8. The van der Waals surface area contributed by atoms with E-state index in [1.165, 1.54) is 5.56 Å². The van der Waals surface area contributed by atoms with Crippen molar-refractivity contribution < 1.29 is 9.53 Å². The van der Waals surface area contributed by atoms with Crippen LogP contribution >= 0.6 is 12.6 Å². The Balaban J connectivity index is 1.98. The number of carbonyl (C=O) groups is 1. The molecule has 0 radical (unpaired) electrons. The van der Waals surface area contributed by atoms with Crippen LogP contribution in [0, 0.1) is 0 Å². The first-order chi connectivity index (χ1) is 7.83. The average molecular weight is 238 g/mol. The van der Waals surface area contributed by atoms with Crippen LogP contribution in [0.5, 0.6) is 0 Å². The number of rotatable bonds is 7. The summed E-state index contributed by atoms with van der Waals surface area (Å²) in [5.74, 6) is -0.0595. The summed E-state index contributed by atoms with van der Waals surface area (Å²) in [6.45, 7) is 0.522. The molecule has 0 aromatic heterocycles. The molecule has 16 heavy (non-hydrogen) atoms. The zero-order chi connectivity index (χ0) is 11.6. The van der Waals surface area contributed by atoms with Crippen molar-refractivity contribution in [2.75, 3.05) is 12.4 Å². The molecule has 0 amide bonds. The number of hydrogen-bond donors (Lipinski definition) is 1. The molecule has 0 bridgehead atoms. The van der Waals surface area contributed by atoms with Gasteiger partial charge >= 0.3 is 5.97 Å². The Labute approximate surface area is 102 Å². The highest BCUT2D eigenvalue weighted by molar-refractivity contribution is 7.81. The van der Waals surface area contributed by atoms with Crippen LogP contribution in [0.15, 0.2) is 30.3 Å². The first kappa shape index (κ1) is 13.1. The molecule has 1 rings (SSSR count). The molecular formula is C13H18O2S. The van der Waals surface area contributed by atoms with Crippen LogP contribution in [0.4, 0.5) is 0 Å². The lowest BCUT2D eigenvalue weighted by Gasteiger charge is -2.03. The SMILES string of the molecule is O=C(CS)OCCCCCc1ccccc1. The van der Waals surface area contributed by atoms with Crippen molar-refractivity contribution in [3.8, 4) is 0 Å². The van der Waals surface area contributed by atoms with Crippen molar-refractivity contribution in [2.45, 2.75) is 25.7 Å². The van der Waals surface area contributed by atoms with E-state index in [0.717, 1.165) is 25.7 Å². The van der Waals surface area contributed by atoms with E-state index < -0.39 is 0 Å². The van der Waals surface area contributed by atoms with Gasteiger partial charge in [0, 0.05) is 0 Å². The molecule has 0 saturated heterocycles. The summed E-state index contributed by atoms with van der Waals surface area (Å²) in [6.07, 6.45) is 4.27. The van der Waals surface area contributed by atoms with Gasteiger partial charge in [-0.2, -0.15) is 12.6 Å². The highest BCUT2D eigenvalue weighted by Crippen LogP contribution is 2.06. The molecule has 1 aromatic carbocycles. The Morgan fingerprint density at radius 2 is 1.88 bits per heavy atom. The maximum atomic E-state index is 10.8. The molecule has 1 aromatic rings. The summed E-state index contributed by atoms with van der Waals surface area (Å²) in [6, 6.07) is 10.4. The number of unbranched alkanes of at least 4 members (excludes halogenated alkanes) is 2. The predicted octanol–water partition coefficient (Wildman–Crippen LogP) is 2.87. The maximum Gasteiger partial charge on any atom is 0.315 e. The standard InChI is InChI=1S/C13H18O2S/c14-13(11-16)15-10-6-2-5-9-12-7-3-1-4-8-12/h1,3-4,7-8,16H,2,5-6,9-11H2.